The Labute approximate surface area is 171 Å². The number of carbonyl (C=O) groups excluding carboxylic acids is 1. The van der Waals surface area contributed by atoms with E-state index in [1.807, 2.05) is 35.8 Å². The van der Waals surface area contributed by atoms with Crippen LogP contribution < -0.4 is 5.32 Å². The van der Waals surface area contributed by atoms with Gasteiger partial charge in [0.25, 0.3) is 5.91 Å². The lowest BCUT2D eigenvalue weighted by Crippen LogP contribution is -2.25. The topological polar surface area (TPSA) is 75.6 Å². The molecule has 6 nitrogen and oxygen atoms in total. The zero-order chi connectivity index (χ0) is 20.4. The monoisotopic (exact) mass is 407 g/mol. The molecule has 0 unspecified atom stereocenters. The molecule has 2 aromatic carbocycles. The number of aromatic nitrogens is 4. The van der Waals surface area contributed by atoms with Crippen LogP contribution in [0.4, 0.5) is 4.39 Å². The molecule has 0 aliphatic carbocycles. The van der Waals surface area contributed by atoms with Crippen molar-refractivity contribution in [2.75, 3.05) is 0 Å². The molecule has 2 heterocycles. The molecule has 4 aromatic rings. The minimum absolute atomic E-state index is 0.238. The second kappa shape index (κ2) is 7.92. The maximum Gasteiger partial charge on any atom is 0.252 e. The van der Waals surface area contributed by atoms with Crippen LogP contribution in [0.25, 0.3) is 22.2 Å². The van der Waals surface area contributed by atoms with Crippen molar-refractivity contribution in [2.45, 2.75) is 20.0 Å². The van der Waals surface area contributed by atoms with Crippen molar-refractivity contribution in [3.63, 3.8) is 0 Å². The number of rotatable bonds is 5. The normalized spacial score (nSPS) is 11.0. The molecular weight excluding hydrogens is 389 g/mol. The summed E-state index contributed by atoms with van der Waals surface area (Å²) in [6, 6.07) is 15.2. The third-order valence-electron chi connectivity index (χ3n) is 4.66. The minimum Gasteiger partial charge on any atom is -0.345 e. The van der Waals surface area contributed by atoms with Crippen LogP contribution >= 0.6 is 12.2 Å². The van der Waals surface area contributed by atoms with Crippen molar-refractivity contribution in [3.8, 4) is 11.3 Å². The highest BCUT2D eigenvalue weighted by Gasteiger charge is 2.15. The number of para-hydroxylation sites is 1. The summed E-state index contributed by atoms with van der Waals surface area (Å²) in [4.78, 5) is 17.6. The Hall–Kier alpha value is -3.39. The minimum atomic E-state index is -0.322. The zero-order valence-electron chi connectivity index (χ0n) is 15.6. The van der Waals surface area contributed by atoms with Gasteiger partial charge in [-0.15, -0.1) is 0 Å². The maximum atomic E-state index is 13.3. The van der Waals surface area contributed by atoms with Crippen LogP contribution in [0.5, 0.6) is 0 Å². The first-order chi connectivity index (χ1) is 14.1. The number of aromatic amines is 1. The Bertz CT molecular complexity index is 1250. The first-order valence-corrected chi connectivity index (χ1v) is 9.55. The molecule has 1 amide bonds. The highest BCUT2D eigenvalue weighted by Crippen LogP contribution is 2.25. The summed E-state index contributed by atoms with van der Waals surface area (Å²) < 4.78 is 15.6. The highest BCUT2D eigenvalue weighted by atomic mass is 32.1. The summed E-state index contributed by atoms with van der Waals surface area (Å²) in [7, 11) is 0. The molecule has 0 atom stereocenters. The van der Waals surface area contributed by atoms with E-state index in [2.05, 4.69) is 20.5 Å². The Balaban J connectivity index is 1.70. The second-order valence-corrected chi connectivity index (χ2v) is 6.84. The number of hydrogen-bond acceptors (Lipinski definition) is 4. The van der Waals surface area contributed by atoms with Crippen molar-refractivity contribution in [1.29, 1.82) is 0 Å². The molecule has 8 heteroatoms. The Kier molecular flexibility index (Phi) is 5.18. The number of H-pyrrole nitrogens is 1. The van der Waals surface area contributed by atoms with E-state index in [-0.39, 0.29) is 18.3 Å². The van der Waals surface area contributed by atoms with Crippen LogP contribution in [-0.4, -0.2) is 25.7 Å². The van der Waals surface area contributed by atoms with Crippen LogP contribution in [0.15, 0.2) is 54.6 Å². The highest BCUT2D eigenvalue weighted by molar-refractivity contribution is 7.71. The molecule has 2 aromatic heterocycles. The molecule has 0 spiro atoms. The van der Waals surface area contributed by atoms with Gasteiger partial charge in [0.1, 0.15) is 5.82 Å². The summed E-state index contributed by atoms with van der Waals surface area (Å²) in [6.07, 6.45) is 0. The Morgan fingerprint density at radius 2 is 1.97 bits per heavy atom. The SMILES string of the molecule is CCn1c(CNC(=O)c2cc(-c3ccc(F)cc3)nc3ccccc23)n[nH]c1=S. The standard InChI is InChI=1S/C21H18FN5OS/c1-2-27-19(25-26-21(27)29)12-23-20(28)16-11-18(13-7-9-14(22)10-8-13)24-17-6-4-3-5-15(16)17/h3-11H,2,12H2,1H3,(H,23,28)(H,26,29). The fourth-order valence-electron chi connectivity index (χ4n) is 3.20. The van der Waals surface area contributed by atoms with E-state index in [4.69, 9.17) is 12.2 Å². The van der Waals surface area contributed by atoms with Gasteiger partial charge >= 0.3 is 0 Å². The summed E-state index contributed by atoms with van der Waals surface area (Å²) >= 11 is 5.19. The number of carbonyl (C=O) groups is 1. The number of nitrogens with one attached hydrogen (secondary N) is 2. The first-order valence-electron chi connectivity index (χ1n) is 9.15. The smallest absolute Gasteiger partial charge is 0.252 e. The van der Waals surface area contributed by atoms with Crippen molar-refractivity contribution in [2.24, 2.45) is 0 Å². The van der Waals surface area contributed by atoms with E-state index in [0.717, 1.165) is 10.9 Å². The molecule has 0 bridgehead atoms. The number of nitrogens with zero attached hydrogens (tertiary/aromatic N) is 3. The van der Waals surface area contributed by atoms with Crippen LogP contribution in [-0.2, 0) is 13.1 Å². The lowest BCUT2D eigenvalue weighted by atomic mass is 10.0. The molecule has 0 fully saturated rings. The molecule has 146 valence electrons. The maximum absolute atomic E-state index is 13.3. The van der Waals surface area contributed by atoms with E-state index >= 15 is 0 Å². The third kappa shape index (κ3) is 3.79. The fraction of sp³-hybridized carbons (Fsp3) is 0.143. The second-order valence-electron chi connectivity index (χ2n) is 6.45. The van der Waals surface area contributed by atoms with Crippen molar-refractivity contribution >= 4 is 29.0 Å². The van der Waals surface area contributed by atoms with E-state index in [1.165, 1.54) is 12.1 Å². The molecular formula is C21H18FN5OS. The van der Waals surface area contributed by atoms with Crippen LogP contribution in [0.1, 0.15) is 23.1 Å². The third-order valence-corrected chi connectivity index (χ3v) is 4.97. The van der Waals surface area contributed by atoms with Gasteiger partial charge in [-0.3, -0.25) is 9.89 Å². The van der Waals surface area contributed by atoms with Crippen LogP contribution in [0.3, 0.4) is 0 Å². The summed E-state index contributed by atoms with van der Waals surface area (Å²) in [6.45, 7) is 2.86. The zero-order valence-corrected chi connectivity index (χ0v) is 16.5. The molecule has 0 aliphatic rings. The van der Waals surface area contributed by atoms with E-state index < -0.39 is 0 Å². The summed E-state index contributed by atoms with van der Waals surface area (Å²) in [5.74, 6) is 0.0864. The predicted octanol–water partition coefficient (Wildman–Crippen LogP) is 4.24. The van der Waals surface area contributed by atoms with Crippen LogP contribution in [0, 0.1) is 10.6 Å². The van der Waals surface area contributed by atoms with Crippen molar-refractivity contribution in [1.82, 2.24) is 25.1 Å². The molecule has 4 rings (SSSR count). The van der Waals surface area contributed by atoms with E-state index in [1.54, 1.807) is 18.2 Å². The number of fused-ring (bicyclic) bond motifs is 1. The molecule has 29 heavy (non-hydrogen) atoms. The lowest BCUT2D eigenvalue weighted by Gasteiger charge is -2.11. The fourth-order valence-corrected chi connectivity index (χ4v) is 3.48. The van der Waals surface area contributed by atoms with E-state index in [9.17, 15) is 9.18 Å². The molecule has 0 saturated carbocycles. The largest absolute Gasteiger partial charge is 0.345 e. The van der Waals surface area contributed by atoms with Gasteiger partial charge in [-0.05, 0) is 55.5 Å². The molecule has 2 N–H and O–H groups in total. The van der Waals surface area contributed by atoms with Crippen molar-refractivity contribution < 1.29 is 9.18 Å². The quantitative estimate of drug-likeness (QED) is 0.485. The lowest BCUT2D eigenvalue weighted by molar-refractivity contribution is 0.0951. The number of amides is 1. The Morgan fingerprint density at radius 3 is 2.72 bits per heavy atom. The first kappa shape index (κ1) is 18.9. The van der Waals surface area contributed by atoms with Gasteiger partial charge in [0.05, 0.1) is 23.3 Å². The molecule has 0 radical (unpaired) electrons. The van der Waals surface area contributed by atoms with Gasteiger partial charge in [-0.1, -0.05) is 18.2 Å². The molecule has 0 saturated heterocycles. The van der Waals surface area contributed by atoms with Crippen molar-refractivity contribution in [3.05, 3.63) is 76.6 Å². The van der Waals surface area contributed by atoms with Gasteiger partial charge in [0, 0.05) is 17.5 Å². The summed E-state index contributed by atoms with van der Waals surface area (Å²) in [5, 5.41) is 10.6. The number of benzene rings is 2. The number of hydrogen-bond donors (Lipinski definition) is 2. The summed E-state index contributed by atoms with van der Waals surface area (Å²) in [5.41, 5.74) is 2.52. The van der Waals surface area contributed by atoms with E-state index in [0.29, 0.717) is 33.9 Å². The molecule has 0 aliphatic heterocycles. The van der Waals surface area contributed by atoms with Gasteiger partial charge in [0.2, 0.25) is 0 Å². The predicted molar refractivity (Wildman–Crippen MR) is 111 cm³/mol. The number of pyridine rings is 1. The van der Waals surface area contributed by atoms with Gasteiger partial charge in [0.15, 0.2) is 10.6 Å². The van der Waals surface area contributed by atoms with Gasteiger partial charge in [-0.2, -0.15) is 5.10 Å². The van der Waals surface area contributed by atoms with Gasteiger partial charge < -0.3 is 9.88 Å². The van der Waals surface area contributed by atoms with Gasteiger partial charge in [-0.25, -0.2) is 9.37 Å². The Morgan fingerprint density at radius 1 is 1.21 bits per heavy atom. The average Bonchev–Trinajstić information content (AvgIpc) is 3.11. The average molecular weight is 407 g/mol. The van der Waals surface area contributed by atoms with Crippen LogP contribution in [0.2, 0.25) is 0 Å². The number of halogens is 1.